The number of benzene rings is 2. The number of halogens is 3. The lowest BCUT2D eigenvalue weighted by atomic mass is 10.1. The Morgan fingerprint density at radius 2 is 1.96 bits per heavy atom. The van der Waals surface area contributed by atoms with Gasteiger partial charge in [0.15, 0.2) is 0 Å². The summed E-state index contributed by atoms with van der Waals surface area (Å²) in [6.07, 6.45) is 0.150. The Labute approximate surface area is 138 Å². The van der Waals surface area contributed by atoms with Gasteiger partial charge in [-0.05, 0) is 36.2 Å². The van der Waals surface area contributed by atoms with E-state index in [0.29, 0.717) is 10.6 Å². The van der Waals surface area contributed by atoms with E-state index >= 15 is 0 Å². The van der Waals surface area contributed by atoms with Gasteiger partial charge in [0.1, 0.15) is 5.75 Å². The SMILES string of the molecule is C[C@H](NC(=O)Cc1ccccc1Cl)c1cccc(OC(F)F)c1. The first-order valence-corrected chi connectivity index (χ1v) is 7.41. The molecule has 0 spiro atoms. The van der Waals surface area contributed by atoms with Crippen molar-refractivity contribution in [1.29, 1.82) is 0 Å². The number of hydrogen-bond donors (Lipinski definition) is 1. The molecule has 0 aliphatic rings. The van der Waals surface area contributed by atoms with Crippen LogP contribution in [-0.2, 0) is 11.2 Å². The molecule has 0 aliphatic carbocycles. The summed E-state index contributed by atoms with van der Waals surface area (Å²) in [6, 6.07) is 13.0. The first kappa shape index (κ1) is 17.2. The molecular weight excluding hydrogens is 324 g/mol. The monoisotopic (exact) mass is 339 g/mol. The van der Waals surface area contributed by atoms with Gasteiger partial charge in [-0.1, -0.05) is 41.9 Å². The van der Waals surface area contributed by atoms with Gasteiger partial charge in [-0.25, -0.2) is 0 Å². The van der Waals surface area contributed by atoms with Crippen molar-refractivity contribution in [3.63, 3.8) is 0 Å². The van der Waals surface area contributed by atoms with Gasteiger partial charge in [-0.2, -0.15) is 8.78 Å². The Morgan fingerprint density at radius 1 is 1.22 bits per heavy atom. The van der Waals surface area contributed by atoms with Gasteiger partial charge >= 0.3 is 6.61 Å². The molecule has 2 aromatic carbocycles. The molecule has 23 heavy (non-hydrogen) atoms. The highest BCUT2D eigenvalue weighted by Gasteiger charge is 2.13. The van der Waals surface area contributed by atoms with Crippen LogP contribution in [0.15, 0.2) is 48.5 Å². The molecule has 2 aromatic rings. The van der Waals surface area contributed by atoms with Crippen LogP contribution in [-0.4, -0.2) is 12.5 Å². The van der Waals surface area contributed by atoms with Gasteiger partial charge in [0.05, 0.1) is 12.5 Å². The van der Waals surface area contributed by atoms with Gasteiger partial charge in [0.2, 0.25) is 5.91 Å². The van der Waals surface area contributed by atoms with Gasteiger partial charge < -0.3 is 10.1 Å². The van der Waals surface area contributed by atoms with Crippen LogP contribution >= 0.6 is 11.6 Å². The molecule has 1 amide bonds. The largest absolute Gasteiger partial charge is 0.435 e. The third kappa shape index (κ3) is 5.21. The molecule has 0 aliphatic heterocycles. The van der Waals surface area contributed by atoms with E-state index in [2.05, 4.69) is 10.1 Å². The average molecular weight is 340 g/mol. The zero-order chi connectivity index (χ0) is 16.8. The second-order valence-corrected chi connectivity index (χ2v) is 5.42. The quantitative estimate of drug-likeness (QED) is 0.849. The third-order valence-corrected chi connectivity index (χ3v) is 3.64. The molecule has 0 heterocycles. The predicted molar refractivity (Wildman–Crippen MR) is 84.8 cm³/mol. The summed E-state index contributed by atoms with van der Waals surface area (Å²) < 4.78 is 28.8. The van der Waals surface area contributed by atoms with Crippen molar-refractivity contribution in [3.8, 4) is 5.75 Å². The first-order valence-electron chi connectivity index (χ1n) is 7.03. The summed E-state index contributed by atoms with van der Waals surface area (Å²) in [5.41, 5.74) is 1.41. The van der Waals surface area contributed by atoms with E-state index in [4.69, 9.17) is 11.6 Å². The van der Waals surface area contributed by atoms with E-state index in [1.54, 1.807) is 37.3 Å². The summed E-state index contributed by atoms with van der Waals surface area (Å²) in [5, 5.41) is 3.34. The van der Waals surface area contributed by atoms with E-state index in [9.17, 15) is 13.6 Å². The molecule has 0 radical (unpaired) electrons. The minimum atomic E-state index is -2.88. The number of hydrogen-bond acceptors (Lipinski definition) is 2. The van der Waals surface area contributed by atoms with Crippen LogP contribution < -0.4 is 10.1 Å². The molecule has 0 bridgehead atoms. The lowest BCUT2D eigenvalue weighted by Gasteiger charge is -2.16. The van der Waals surface area contributed by atoms with Crippen molar-refractivity contribution < 1.29 is 18.3 Å². The molecule has 122 valence electrons. The summed E-state index contributed by atoms with van der Waals surface area (Å²) >= 11 is 6.02. The first-order chi connectivity index (χ1) is 11.0. The highest BCUT2D eigenvalue weighted by atomic mass is 35.5. The van der Waals surface area contributed by atoms with E-state index < -0.39 is 6.61 Å². The van der Waals surface area contributed by atoms with Gasteiger partial charge in [-0.15, -0.1) is 0 Å². The Balaban J connectivity index is 1.99. The topological polar surface area (TPSA) is 38.3 Å². The lowest BCUT2D eigenvalue weighted by molar-refractivity contribution is -0.121. The molecule has 6 heteroatoms. The minimum Gasteiger partial charge on any atom is -0.435 e. The highest BCUT2D eigenvalue weighted by Crippen LogP contribution is 2.21. The molecule has 0 saturated heterocycles. The van der Waals surface area contributed by atoms with Crippen LogP contribution in [0, 0.1) is 0 Å². The average Bonchev–Trinajstić information content (AvgIpc) is 2.49. The Kier molecular flexibility index (Phi) is 5.93. The van der Waals surface area contributed by atoms with E-state index in [0.717, 1.165) is 5.56 Å². The maximum absolute atomic E-state index is 12.2. The molecule has 0 unspecified atom stereocenters. The standard InChI is InChI=1S/C17H16ClF2NO2/c1-11(12-6-4-7-14(9-12)23-17(19)20)21-16(22)10-13-5-2-3-8-15(13)18/h2-9,11,17H,10H2,1H3,(H,21,22)/t11-/m0/s1. The normalized spacial score (nSPS) is 12.0. The number of amides is 1. The van der Waals surface area contributed by atoms with Gasteiger partial charge in [0, 0.05) is 5.02 Å². The Hall–Kier alpha value is -2.14. The van der Waals surface area contributed by atoms with Crippen LogP contribution in [0.3, 0.4) is 0 Å². The molecule has 0 aromatic heterocycles. The number of ether oxygens (including phenoxy) is 1. The fourth-order valence-corrected chi connectivity index (χ4v) is 2.35. The number of alkyl halides is 2. The van der Waals surface area contributed by atoms with Crippen molar-refractivity contribution in [2.45, 2.75) is 26.0 Å². The van der Waals surface area contributed by atoms with E-state index in [-0.39, 0.29) is 24.1 Å². The second kappa shape index (κ2) is 7.92. The molecule has 1 N–H and O–H groups in total. The van der Waals surface area contributed by atoms with Gasteiger partial charge in [-0.3, -0.25) is 4.79 Å². The zero-order valence-electron chi connectivity index (χ0n) is 12.4. The van der Waals surface area contributed by atoms with Crippen LogP contribution in [0.1, 0.15) is 24.1 Å². The van der Waals surface area contributed by atoms with Crippen LogP contribution in [0.25, 0.3) is 0 Å². The lowest BCUT2D eigenvalue weighted by Crippen LogP contribution is -2.28. The number of carbonyl (C=O) groups excluding carboxylic acids is 1. The summed E-state index contributed by atoms with van der Waals surface area (Å²) in [7, 11) is 0. The zero-order valence-corrected chi connectivity index (χ0v) is 13.2. The van der Waals surface area contributed by atoms with Crippen molar-refractivity contribution in [2.75, 3.05) is 0 Å². The summed E-state index contributed by atoms with van der Waals surface area (Å²) in [4.78, 5) is 12.1. The molecule has 0 fully saturated rings. The summed E-state index contributed by atoms with van der Waals surface area (Å²) in [6.45, 7) is -1.11. The number of nitrogens with one attached hydrogen (secondary N) is 1. The Bertz CT molecular complexity index is 679. The third-order valence-electron chi connectivity index (χ3n) is 3.27. The molecule has 0 saturated carbocycles. The van der Waals surface area contributed by atoms with Crippen molar-refractivity contribution in [2.24, 2.45) is 0 Å². The minimum absolute atomic E-state index is 0.0599. The fourth-order valence-electron chi connectivity index (χ4n) is 2.15. The number of carbonyl (C=O) groups is 1. The predicted octanol–water partition coefficient (Wildman–Crippen LogP) is 4.36. The smallest absolute Gasteiger partial charge is 0.387 e. The van der Waals surface area contributed by atoms with Gasteiger partial charge in [0.25, 0.3) is 0 Å². The molecule has 1 atom stereocenters. The molecular formula is C17H16ClF2NO2. The Morgan fingerprint density at radius 3 is 2.65 bits per heavy atom. The van der Waals surface area contributed by atoms with Crippen molar-refractivity contribution >= 4 is 17.5 Å². The molecule has 3 nitrogen and oxygen atoms in total. The fraction of sp³-hybridized carbons (Fsp3) is 0.235. The number of rotatable bonds is 6. The van der Waals surface area contributed by atoms with E-state index in [1.807, 2.05) is 6.07 Å². The van der Waals surface area contributed by atoms with Crippen LogP contribution in [0.5, 0.6) is 5.75 Å². The van der Waals surface area contributed by atoms with Crippen molar-refractivity contribution in [1.82, 2.24) is 5.32 Å². The van der Waals surface area contributed by atoms with E-state index in [1.165, 1.54) is 12.1 Å². The maximum Gasteiger partial charge on any atom is 0.387 e. The second-order valence-electron chi connectivity index (χ2n) is 5.01. The summed E-state index contributed by atoms with van der Waals surface area (Å²) in [5.74, 6) is -0.143. The molecule has 2 rings (SSSR count). The highest BCUT2D eigenvalue weighted by molar-refractivity contribution is 6.31. The van der Waals surface area contributed by atoms with Crippen molar-refractivity contribution in [3.05, 3.63) is 64.7 Å². The van der Waals surface area contributed by atoms with Crippen LogP contribution in [0.4, 0.5) is 8.78 Å². The maximum atomic E-state index is 12.2. The van der Waals surface area contributed by atoms with Crippen LogP contribution in [0.2, 0.25) is 5.02 Å².